The summed E-state index contributed by atoms with van der Waals surface area (Å²) < 4.78 is 47.8. The maximum Gasteiger partial charge on any atom is 0.262 e. The number of hydrogen-bond donors (Lipinski definition) is 2. The van der Waals surface area contributed by atoms with Gasteiger partial charge in [0, 0.05) is 57.2 Å². The monoisotopic (exact) mass is 610 g/mol. The first kappa shape index (κ1) is 29.2. The molecule has 0 aliphatic carbocycles. The number of nitrogens with one attached hydrogen (secondary N) is 2. The highest BCUT2D eigenvalue weighted by Crippen LogP contribution is 2.35. The summed E-state index contributed by atoms with van der Waals surface area (Å²) in [6.45, 7) is 4.42. The number of amides is 1. The SMILES string of the molecule is O=C(NCCN1CCN(c2ncccn2)CC1)c1ccc(S(=O)(=O)Nc2ccccc2Oc2ccc(F)cc2Cl)cc1. The molecule has 1 aliphatic rings. The van der Waals surface area contributed by atoms with Gasteiger partial charge < -0.3 is 15.0 Å². The molecule has 2 N–H and O–H groups in total. The number of ether oxygens (including phenoxy) is 1. The van der Waals surface area contributed by atoms with Crippen molar-refractivity contribution in [2.75, 3.05) is 48.9 Å². The number of benzene rings is 3. The summed E-state index contributed by atoms with van der Waals surface area (Å²) in [6.07, 6.45) is 3.46. The van der Waals surface area contributed by atoms with Crippen molar-refractivity contribution in [2.24, 2.45) is 0 Å². The van der Waals surface area contributed by atoms with Gasteiger partial charge in [0.15, 0.2) is 5.75 Å². The topological polar surface area (TPSA) is 117 Å². The van der Waals surface area contributed by atoms with E-state index in [1.54, 1.807) is 36.7 Å². The van der Waals surface area contributed by atoms with Crippen molar-refractivity contribution < 1.29 is 22.3 Å². The Morgan fingerprint density at radius 3 is 2.36 bits per heavy atom. The van der Waals surface area contributed by atoms with E-state index in [4.69, 9.17) is 16.3 Å². The lowest BCUT2D eigenvalue weighted by Gasteiger charge is -2.34. The Bertz CT molecular complexity index is 1640. The van der Waals surface area contributed by atoms with Crippen LogP contribution < -0.4 is 19.7 Å². The van der Waals surface area contributed by atoms with Crippen molar-refractivity contribution in [1.29, 1.82) is 0 Å². The van der Waals surface area contributed by atoms with Crippen LogP contribution in [0.3, 0.4) is 0 Å². The molecule has 42 heavy (non-hydrogen) atoms. The molecule has 5 rings (SSSR count). The fourth-order valence-electron chi connectivity index (χ4n) is 4.36. The van der Waals surface area contributed by atoms with Crippen LogP contribution in [0.15, 0.2) is 90.1 Å². The summed E-state index contributed by atoms with van der Waals surface area (Å²) in [6, 6.07) is 17.5. The third-order valence-electron chi connectivity index (χ3n) is 6.59. The molecular formula is C29H28ClFN6O4S. The molecule has 0 saturated carbocycles. The van der Waals surface area contributed by atoms with Gasteiger partial charge >= 0.3 is 0 Å². The average molecular weight is 611 g/mol. The van der Waals surface area contributed by atoms with E-state index in [9.17, 15) is 17.6 Å². The highest BCUT2D eigenvalue weighted by atomic mass is 35.5. The maximum atomic E-state index is 13.4. The lowest BCUT2D eigenvalue weighted by Crippen LogP contribution is -2.49. The zero-order valence-corrected chi connectivity index (χ0v) is 24.0. The quantitative estimate of drug-likeness (QED) is 0.271. The molecule has 0 atom stereocenters. The molecule has 0 radical (unpaired) electrons. The fourth-order valence-corrected chi connectivity index (χ4v) is 5.64. The Labute approximate surface area is 248 Å². The minimum Gasteiger partial charge on any atom is -0.454 e. The van der Waals surface area contributed by atoms with Crippen molar-refractivity contribution >= 4 is 39.2 Å². The summed E-state index contributed by atoms with van der Waals surface area (Å²) in [5, 5.41) is 2.93. The molecule has 2 heterocycles. The number of halogens is 2. The van der Waals surface area contributed by atoms with Crippen LogP contribution in [0.2, 0.25) is 5.02 Å². The van der Waals surface area contributed by atoms with Crippen LogP contribution in [-0.4, -0.2) is 68.5 Å². The fraction of sp³-hybridized carbons (Fsp3) is 0.207. The number of sulfonamides is 1. The largest absolute Gasteiger partial charge is 0.454 e. The molecule has 4 aromatic rings. The predicted molar refractivity (Wildman–Crippen MR) is 158 cm³/mol. The van der Waals surface area contributed by atoms with Gasteiger partial charge in [0.2, 0.25) is 5.95 Å². The van der Waals surface area contributed by atoms with E-state index < -0.39 is 15.8 Å². The Morgan fingerprint density at radius 2 is 1.64 bits per heavy atom. The van der Waals surface area contributed by atoms with E-state index in [-0.39, 0.29) is 33.0 Å². The lowest BCUT2D eigenvalue weighted by molar-refractivity contribution is 0.0947. The average Bonchev–Trinajstić information content (AvgIpc) is 3.00. The lowest BCUT2D eigenvalue weighted by atomic mass is 10.2. The molecule has 1 fully saturated rings. The smallest absolute Gasteiger partial charge is 0.262 e. The van der Waals surface area contributed by atoms with E-state index in [0.717, 1.165) is 38.2 Å². The van der Waals surface area contributed by atoms with Crippen LogP contribution in [0.4, 0.5) is 16.0 Å². The first-order valence-corrected chi connectivity index (χ1v) is 15.0. The Morgan fingerprint density at radius 1 is 0.929 bits per heavy atom. The number of carbonyl (C=O) groups is 1. The van der Waals surface area contributed by atoms with Crippen molar-refractivity contribution in [3.8, 4) is 11.5 Å². The number of anilines is 2. The van der Waals surface area contributed by atoms with Gasteiger partial charge in [0.1, 0.15) is 11.6 Å². The Balaban J connectivity index is 1.14. The molecule has 10 nitrogen and oxygen atoms in total. The zero-order valence-electron chi connectivity index (χ0n) is 22.4. The molecule has 3 aromatic carbocycles. The third-order valence-corrected chi connectivity index (χ3v) is 8.27. The normalized spacial score (nSPS) is 13.9. The molecule has 1 aromatic heterocycles. The summed E-state index contributed by atoms with van der Waals surface area (Å²) in [5.41, 5.74) is 0.506. The number of carbonyl (C=O) groups excluding carboxylic acids is 1. The second kappa shape index (κ2) is 13.1. The van der Waals surface area contributed by atoms with E-state index in [1.165, 1.54) is 42.5 Å². The molecule has 13 heteroatoms. The van der Waals surface area contributed by atoms with Gasteiger partial charge in [0.25, 0.3) is 15.9 Å². The summed E-state index contributed by atoms with van der Waals surface area (Å²) in [4.78, 5) is 25.6. The molecule has 218 valence electrons. The number of rotatable bonds is 10. The molecular weight excluding hydrogens is 583 g/mol. The predicted octanol–water partition coefficient (Wildman–Crippen LogP) is 4.41. The van der Waals surface area contributed by atoms with Gasteiger partial charge in [0.05, 0.1) is 15.6 Å². The minimum absolute atomic E-state index is 0.0334. The van der Waals surface area contributed by atoms with Gasteiger partial charge in [-0.2, -0.15) is 0 Å². The highest BCUT2D eigenvalue weighted by molar-refractivity contribution is 7.92. The maximum absolute atomic E-state index is 13.4. The van der Waals surface area contributed by atoms with Gasteiger partial charge in [-0.3, -0.25) is 14.4 Å². The van der Waals surface area contributed by atoms with Gasteiger partial charge in [-0.05, 0) is 60.7 Å². The van der Waals surface area contributed by atoms with Gasteiger partial charge in [-0.25, -0.2) is 22.8 Å². The number of para-hydroxylation sites is 2. The van der Waals surface area contributed by atoms with Crippen LogP contribution in [-0.2, 0) is 10.0 Å². The third kappa shape index (κ3) is 7.32. The standard InChI is InChI=1S/C29H28ClFN6O4S/c30-24-20-22(31)8-11-26(24)41-27-5-2-1-4-25(27)35-42(39,40)23-9-6-21(7-10-23)28(38)32-14-15-36-16-18-37(19-17-36)29-33-12-3-13-34-29/h1-13,20,35H,14-19H2,(H,32,38). The number of piperazine rings is 1. The van der Waals surface area contributed by atoms with Crippen molar-refractivity contribution in [1.82, 2.24) is 20.2 Å². The second-order valence-electron chi connectivity index (χ2n) is 9.44. The first-order valence-electron chi connectivity index (χ1n) is 13.2. The number of nitrogens with zero attached hydrogens (tertiary/aromatic N) is 4. The van der Waals surface area contributed by atoms with Gasteiger partial charge in [-0.1, -0.05) is 23.7 Å². The van der Waals surface area contributed by atoms with Crippen LogP contribution >= 0.6 is 11.6 Å². The number of hydrogen-bond acceptors (Lipinski definition) is 8. The van der Waals surface area contributed by atoms with Crippen LogP contribution in [0.5, 0.6) is 11.5 Å². The van der Waals surface area contributed by atoms with Crippen molar-refractivity contribution in [2.45, 2.75) is 4.90 Å². The molecule has 1 saturated heterocycles. The molecule has 1 aliphatic heterocycles. The molecule has 1 amide bonds. The number of aromatic nitrogens is 2. The minimum atomic E-state index is -4.02. The second-order valence-corrected chi connectivity index (χ2v) is 11.5. The zero-order chi connectivity index (χ0) is 29.5. The highest BCUT2D eigenvalue weighted by Gasteiger charge is 2.20. The van der Waals surface area contributed by atoms with E-state index in [1.807, 2.05) is 0 Å². The Hall–Kier alpha value is -4.26. The van der Waals surface area contributed by atoms with E-state index in [0.29, 0.717) is 18.7 Å². The van der Waals surface area contributed by atoms with Crippen molar-refractivity contribution in [3.05, 3.63) is 102 Å². The van der Waals surface area contributed by atoms with Crippen LogP contribution in [0.1, 0.15) is 10.4 Å². The van der Waals surface area contributed by atoms with Crippen LogP contribution in [0.25, 0.3) is 0 Å². The molecule has 0 unspecified atom stereocenters. The summed E-state index contributed by atoms with van der Waals surface area (Å²) >= 11 is 6.05. The van der Waals surface area contributed by atoms with Gasteiger partial charge in [-0.15, -0.1) is 0 Å². The Kier molecular flexibility index (Phi) is 9.15. The summed E-state index contributed by atoms with van der Waals surface area (Å²) in [5.74, 6) is 0.258. The summed E-state index contributed by atoms with van der Waals surface area (Å²) in [7, 11) is -4.02. The first-order chi connectivity index (χ1) is 20.3. The van der Waals surface area contributed by atoms with E-state index in [2.05, 4.69) is 29.8 Å². The molecule has 0 bridgehead atoms. The van der Waals surface area contributed by atoms with E-state index >= 15 is 0 Å². The van der Waals surface area contributed by atoms with Crippen LogP contribution in [0, 0.1) is 5.82 Å². The molecule has 0 spiro atoms. The van der Waals surface area contributed by atoms with Crippen molar-refractivity contribution in [3.63, 3.8) is 0 Å².